The second-order valence-corrected chi connectivity index (χ2v) is 4.39. The number of hydrogen-bond donors (Lipinski definition) is 1. The fourth-order valence-electron chi connectivity index (χ4n) is 1.72. The van der Waals surface area contributed by atoms with Crippen LogP contribution >= 0.6 is 0 Å². The molecule has 0 fully saturated rings. The smallest absolute Gasteiger partial charge is 0.348 e. The Morgan fingerprint density at radius 3 is 2.33 bits per heavy atom. The molecule has 0 unspecified atom stereocenters. The van der Waals surface area contributed by atoms with E-state index in [1.807, 2.05) is 0 Å². The van der Waals surface area contributed by atoms with E-state index in [2.05, 4.69) is 5.32 Å². The predicted molar refractivity (Wildman–Crippen MR) is 69.0 cm³/mol. The number of rotatable bonds is 3. The lowest BCUT2D eigenvalue weighted by atomic mass is 10.1. The van der Waals surface area contributed by atoms with Crippen LogP contribution in [0.15, 0.2) is 48.5 Å². The molecule has 1 amide bonds. The van der Waals surface area contributed by atoms with Gasteiger partial charge in [0.1, 0.15) is 5.82 Å². The van der Waals surface area contributed by atoms with E-state index in [1.165, 1.54) is 36.4 Å². The number of alkyl halides is 3. The van der Waals surface area contributed by atoms with Crippen molar-refractivity contribution in [2.75, 3.05) is 0 Å². The van der Waals surface area contributed by atoms with Gasteiger partial charge in [-0.2, -0.15) is 13.2 Å². The maximum atomic E-state index is 12.7. The van der Waals surface area contributed by atoms with Crippen LogP contribution in [0.3, 0.4) is 0 Å². The monoisotopic (exact) mass is 297 g/mol. The Morgan fingerprint density at radius 2 is 1.71 bits per heavy atom. The molecule has 2 aromatic carbocycles. The van der Waals surface area contributed by atoms with E-state index >= 15 is 0 Å². The van der Waals surface area contributed by atoms with Gasteiger partial charge in [0.15, 0.2) is 0 Å². The number of carbonyl (C=O) groups is 1. The number of halogens is 4. The van der Waals surface area contributed by atoms with Gasteiger partial charge in [-0.3, -0.25) is 4.79 Å². The summed E-state index contributed by atoms with van der Waals surface area (Å²) in [6.45, 7) is 0.107. The highest BCUT2D eigenvalue weighted by Crippen LogP contribution is 2.29. The molecule has 0 spiro atoms. The van der Waals surface area contributed by atoms with E-state index in [0.29, 0.717) is 5.56 Å². The van der Waals surface area contributed by atoms with Gasteiger partial charge in [-0.05, 0) is 35.9 Å². The molecule has 110 valence electrons. The zero-order chi connectivity index (χ0) is 15.5. The topological polar surface area (TPSA) is 29.1 Å². The van der Waals surface area contributed by atoms with Gasteiger partial charge in [-0.25, -0.2) is 4.39 Å². The maximum absolute atomic E-state index is 12.7. The van der Waals surface area contributed by atoms with Crippen molar-refractivity contribution in [1.82, 2.24) is 5.32 Å². The van der Waals surface area contributed by atoms with Crippen LogP contribution in [0, 0.1) is 5.82 Å². The minimum absolute atomic E-state index is 0.0769. The summed E-state index contributed by atoms with van der Waals surface area (Å²) in [4.78, 5) is 11.8. The third-order valence-electron chi connectivity index (χ3n) is 2.82. The molecule has 0 bridgehead atoms. The number of nitrogens with one attached hydrogen (secondary N) is 1. The van der Waals surface area contributed by atoms with E-state index in [1.54, 1.807) is 0 Å². The van der Waals surface area contributed by atoms with Crippen LogP contribution in [0.5, 0.6) is 0 Å². The normalized spacial score (nSPS) is 11.2. The molecule has 0 saturated heterocycles. The van der Waals surface area contributed by atoms with Crippen molar-refractivity contribution >= 4 is 5.91 Å². The van der Waals surface area contributed by atoms with Crippen molar-refractivity contribution in [2.45, 2.75) is 12.7 Å². The summed E-state index contributed by atoms with van der Waals surface area (Å²) < 4.78 is 50.4. The van der Waals surface area contributed by atoms with E-state index in [-0.39, 0.29) is 12.1 Å². The molecule has 0 heterocycles. The first-order valence-corrected chi connectivity index (χ1v) is 6.06. The molecule has 1 N–H and O–H groups in total. The summed E-state index contributed by atoms with van der Waals surface area (Å²) in [5, 5.41) is 2.48. The highest BCUT2D eigenvalue weighted by molar-refractivity contribution is 5.94. The Kier molecular flexibility index (Phi) is 4.26. The van der Waals surface area contributed by atoms with Crippen LogP contribution in [-0.4, -0.2) is 5.91 Å². The first-order valence-electron chi connectivity index (χ1n) is 6.06. The van der Waals surface area contributed by atoms with Crippen molar-refractivity contribution in [3.63, 3.8) is 0 Å². The van der Waals surface area contributed by atoms with Crippen molar-refractivity contribution in [1.29, 1.82) is 0 Å². The standard InChI is InChI=1S/C15H11F4NO/c16-13-6-4-10(5-7-13)9-20-14(21)11-2-1-3-12(8-11)15(17,18)19/h1-8H,9H2,(H,20,21). The third kappa shape index (κ3) is 4.05. The maximum Gasteiger partial charge on any atom is 0.416 e. The molecular formula is C15H11F4NO. The molecule has 0 aliphatic carbocycles. The molecule has 0 aliphatic heterocycles. The average Bonchev–Trinajstić information content (AvgIpc) is 2.45. The van der Waals surface area contributed by atoms with Crippen LogP contribution in [0.25, 0.3) is 0 Å². The quantitative estimate of drug-likeness (QED) is 0.858. The van der Waals surface area contributed by atoms with Crippen LogP contribution < -0.4 is 5.32 Å². The van der Waals surface area contributed by atoms with Gasteiger partial charge in [-0.1, -0.05) is 18.2 Å². The van der Waals surface area contributed by atoms with E-state index in [9.17, 15) is 22.4 Å². The lowest BCUT2D eigenvalue weighted by Gasteiger charge is -2.09. The summed E-state index contributed by atoms with van der Waals surface area (Å²) in [7, 11) is 0. The average molecular weight is 297 g/mol. The summed E-state index contributed by atoms with van der Waals surface area (Å²) in [5.41, 5.74) is -0.305. The summed E-state index contributed by atoms with van der Waals surface area (Å²) in [6, 6.07) is 9.63. The first kappa shape index (κ1) is 15.0. The van der Waals surface area contributed by atoms with Gasteiger partial charge >= 0.3 is 6.18 Å². The minimum atomic E-state index is -4.49. The summed E-state index contributed by atoms with van der Waals surface area (Å²) in [6.07, 6.45) is -4.49. The molecule has 2 nitrogen and oxygen atoms in total. The molecule has 0 radical (unpaired) electrons. The van der Waals surface area contributed by atoms with Gasteiger partial charge in [0.2, 0.25) is 0 Å². The number of hydrogen-bond acceptors (Lipinski definition) is 1. The highest BCUT2D eigenvalue weighted by atomic mass is 19.4. The second-order valence-electron chi connectivity index (χ2n) is 4.39. The summed E-state index contributed by atoms with van der Waals surface area (Å²) in [5.74, 6) is -1.02. The molecule has 6 heteroatoms. The molecule has 2 rings (SSSR count). The Morgan fingerprint density at radius 1 is 1.05 bits per heavy atom. The van der Waals surface area contributed by atoms with Crippen LogP contribution in [-0.2, 0) is 12.7 Å². The van der Waals surface area contributed by atoms with Crippen LogP contribution in [0.2, 0.25) is 0 Å². The molecule has 0 aromatic heterocycles. The number of benzene rings is 2. The molecule has 2 aromatic rings. The zero-order valence-electron chi connectivity index (χ0n) is 10.7. The number of amides is 1. The predicted octanol–water partition coefficient (Wildman–Crippen LogP) is 3.77. The van der Waals surface area contributed by atoms with E-state index in [0.717, 1.165) is 12.1 Å². The van der Waals surface area contributed by atoms with E-state index in [4.69, 9.17) is 0 Å². The number of carbonyl (C=O) groups excluding carboxylic acids is 1. The minimum Gasteiger partial charge on any atom is -0.348 e. The fourth-order valence-corrected chi connectivity index (χ4v) is 1.72. The summed E-state index contributed by atoms with van der Waals surface area (Å²) >= 11 is 0. The highest BCUT2D eigenvalue weighted by Gasteiger charge is 2.30. The van der Waals surface area contributed by atoms with Gasteiger partial charge in [0.05, 0.1) is 5.56 Å². The molecule has 0 atom stereocenters. The molecule has 0 aliphatic rings. The lowest BCUT2D eigenvalue weighted by Crippen LogP contribution is -2.23. The Hall–Kier alpha value is -2.37. The van der Waals surface area contributed by atoms with Crippen molar-refractivity contribution in [3.05, 3.63) is 71.0 Å². The van der Waals surface area contributed by atoms with Crippen molar-refractivity contribution in [2.24, 2.45) is 0 Å². The van der Waals surface area contributed by atoms with Crippen LogP contribution in [0.4, 0.5) is 17.6 Å². The Labute approximate surface area is 118 Å². The first-order chi connectivity index (χ1) is 9.86. The second kappa shape index (κ2) is 5.95. The molecule has 0 saturated carbocycles. The molecule has 21 heavy (non-hydrogen) atoms. The van der Waals surface area contributed by atoms with Gasteiger partial charge < -0.3 is 5.32 Å². The SMILES string of the molecule is O=C(NCc1ccc(F)cc1)c1cccc(C(F)(F)F)c1. The van der Waals surface area contributed by atoms with Gasteiger partial charge in [-0.15, -0.1) is 0 Å². The van der Waals surface area contributed by atoms with Crippen molar-refractivity contribution in [3.8, 4) is 0 Å². The van der Waals surface area contributed by atoms with Crippen molar-refractivity contribution < 1.29 is 22.4 Å². The molecular weight excluding hydrogens is 286 g/mol. The fraction of sp³-hybridized carbons (Fsp3) is 0.133. The van der Waals surface area contributed by atoms with Crippen LogP contribution in [0.1, 0.15) is 21.5 Å². The third-order valence-corrected chi connectivity index (χ3v) is 2.82. The Balaban J connectivity index is 2.05. The largest absolute Gasteiger partial charge is 0.416 e. The lowest BCUT2D eigenvalue weighted by molar-refractivity contribution is -0.137. The zero-order valence-corrected chi connectivity index (χ0v) is 10.7. The van der Waals surface area contributed by atoms with E-state index < -0.39 is 23.5 Å². The Bertz CT molecular complexity index is 635. The van der Waals surface area contributed by atoms with Gasteiger partial charge in [0, 0.05) is 12.1 Å². The van der Waals surface area contributed by atoms with Gasteiger partial charge in [0.25, 0.3) is 5.91 Å².